The van der Waals surface area contributed by atoms with Crippen molar-refractivity contribution in [2.24, 2.45) is 0 Å². The summed E-state index contributed by atoms with van der Waals surface area (Å²) >= 11 is 0. The van der Waals surface area contributed by atoms with Gasteiger partial charge in [-0.1, -0.05) is 71.8 Å². The summed E-state index contributed by atoms with van der Waals surface area (Å²) in [5.74, 6) is 0. The molecule has 1 aliphatic rings. The molecule has 1 heterocycles. The number of aryl methyl sites for hydroxylation is 2. The number of sulfonamides is 1. The summed E-state index contributed by atoms with van der Waals surface area (Å²) in [6.45, 7) is 3.97. The van der Waals surface area contributed by atoms with Gasteiger partial charge in [0.05, 0.1) is 20.7 Å². The molecule has 3 aromatic carbocycles. The second kappa shape index (κ2) is 8.65. The second-order valence-corrected chi connectivity index (χ2v) is 11.8. The maximum absolute atomic E-state index is 13.6. The van der Waals surface area contributed by atoms with E-state index < -0.39 is 25.9 Å². The third-order valence-electron chi connectivity index (χ3n) is 5.64. The van der Waals surface area contributed by atoms with Gasteiger partial charge in [0.2, 0.25) is 19.9 Å². The first-order chi connectivity index (χ1) is 15.2. The van der Waals surface area contributed by atoms with Crippen LogP contribution in [0.3, 0.4) is 0 Å². The average Bonchev–Trinajstić information content (AvgIpc) is 2.80. The van der Waals surface area contributed by atoms with E-state index in [9.17, 15) is 16.8 Å². The van der Waals surface area contributed by atoms with Crippen LogP contribution in [-0.4, -0.2) is 27.7 Å². The highest BCUT2D eigenvalue weighted by Gasteiger charge is 2.41. The molecule has 1 atom stereocenters. The van der Waals surface area contributed by atoms with E-state index in [1.165, 1.54) is 4.31 Å². The lowest BCUT2D eigenvalue weighted by Gasteiger charge is -2.35. The number of sulfone groups is 1. The summed E-state index contributed by atoms with van der Waals surface area (Å²) in [4.78, 5) is 0.400. The Labute approximate surface area is 190 Å². The van der Waals surface area contributed by atoms with Crippen LogP contribution in [0.25, 0.3) is 0 Å². The van der Waals surface area contributed by atoms with Crippen LogP contribution in [0.2, 0.25) is 0 Å². The normalized spacial score (nSPS) is 17.7. The van der Waals surface area contributed by atoms with Crippen molar-refractivity contribution in [3.63, 3.8) is 0 Å². The first kappa shape index (κ1) is 22.5. The van der Waals surface area contributed by atoms with E-state index in [-0.39, 0.29) is 21.2 Å². The van der Waals surface area contributed by atoms with Crippen LogP contribution in [0.15, 0.2) is 99.6 Å². The number of hydrogen-bond donors (Lipinski definition) is 0. The molecule has 0 bridgehead atoms. The van der Waals surface area contributed by atoms with Crippen LogP contribution in [0, 0.1) is 13.8 Å². The van der Waals surface area contributed by atoms with Crippen molar-refractivity contribution in [1.82, 2.24) is 4.31 Å². The molecular formula is C25H25NO4S2. The Kier molecular flexibility index (Phi) is 6.07. The van der Waals surface area contributed by atoms with Crippen molar-refractivity contribution >= 4 is 19.9 Å². The fourth-order valence-electron chi connectivity index (χ4n) is 3.90. The average molecular weight is 468 g/mol. The van der Waals surface area contributed by atoms with E-state index >= 15 is 0 Å². The molecule has 0 spiro atoms. The van der Waals surface area contributed by atoms with Crippen molar-refractivity contribution < 1.29 is 16.8 Å². The summed E-state index contributed by atoms with van der Waals surface area (Å²) in [7, 11) is -7.83. The molecule has 5 nitrogen and oxygen atoms in total. The van der Waals surface area contributed by atoms with Gasteiger partial charge < -0.3 is 0 Å². The molecule has 166 valence electrons. The molecular weight excluding hydrogens is 442 g/mol. The molecule has 0 saturated carbocycles. The van der Waals surface area contributed by atoms with E-state index in [4.69, 9.17) is 0 Å². The summed E-state index contributed by atoms with van der Waals surface area (Å²) in [5, 5.41) is 0. The Morgan fingerprint density at radius 2 is 1.25 bits per heavy atom. The summed E-state index contributed by atoms with van der Waals surface area (Å²) in [6.07, 6.45) is 1.98. The van der Waals surface area contributed by atoms with Gasteiger partial charge in [-0.2, -0.15) is 4.31 Å². The second-order valence-electron chi connectivity index (χ2n) is 7.95. The number of hydrogen-bond acceptors (Lipinski definition) is 4. The van der Waals surface area contributed by atoms with Gasteiger partial charge in [0.25, 0.3) is 0 Å². The van der Waals surface area contributed by atoms with Crippen LogP contribution < -0.4 is 0 Å². The number of rotatable bonds is 5. The third-order valence-corrected chi connectivity index (χ3v) is 9.42. The van der Waals surface area contributed by atoms with Crippen molar-refractivity contribution in [1.29, 1.82) is 0 Å². The van der Waals surface area contributed by atoms with Gasteiger partial charge in [-0.3, -0.25) is 0 Å². The molecule has 0 aromatic heterocycles. The van der Waals surface area contributed by atoms with E-state index in [1.54, 1.807) is 78.9 Å². The minimum atomic E-state index is -3.93. The molecule has 32 heavy (non-hydrogen) atoms. The van der Waals surface area contributed by atoms with Crippen molar-refractivity contribution in [2.45, 2.75) is 36.1 Å². The molecule has 0 fully saturated rings. The van der Waals surface area contributed by atoms with Crippen molar-refractivity contribution in [3.05, 3.63) is 107 Å². The smallest absolute Gasteiger partial charge is 0.219 e. The molecule has 0 saturated heterocycles. The monoisotopic (exact) mass is 467 g/mol. The number of nitrogens with zero attached hydrogens (tertiary/aromatic N) is 1. The van der Waals surface area contributed by atoms with Crippen molar-refractivity contribution in [2.75, 3.05) is 6.54 Å². The van der Waals surface area contributed by atoms with Crippen LogP contribution >= 0.6 is 0 Å². The lowest BCUT2D eigenvalue weighted by atomic mass is 10.0. The molecule has 0 amide bonds. The zero-order valence-corrected chi connectivity index (χ0v) is 19.6. The zero-order chi connectivity index (χ0) is 22.9. The summed E-state index contributed by atoms with van der Waals surface area (Å²) < 4.78 is 55.9. The number of benzene rings is 3. The van der Waals surface area contributed by atoms with Gasteiger partial charge in [-0.15, -0.1) is 0 Å². The largest absolute Gasteiger partial charge is 0.243 e. The van der Waals surface area contributed by atoms with Gasteiger partial charge >= 0.3 is 0 Å². The van der Waals surface area contributed by atoms with E-state index in [0.29, 0.717) is 12.0 Å². The predicted molar refractivity (Wildman–Crippen MR) is 125 cm³/mol. The van der Waals surface area contributed by atoms with E-state index in [1.807, 2.05) is 19.9 Å². The van der Waals surface area contributed by atoms with Crippen LogP contribution in [0.1, 0.15) is 29.2 Å². The summed E-state index contributed by atoms with van der Waals surface area (Å²) in [6, 6.07) is 21.3. The molecule has 3 aromatic rings. The van der Waals surface area contributed by atoms with Gasteiger partial charge in [-0.25, -0.2) is 16.8 Å². The first-order valence-corrected chi connectivity index (χ1v) is 13.3. The van der Waals surface area contributed by atoms with Gasteiger partial charge in [0.15, 0.2) is 0 Å². The lowest BCUT2D eigenvalue weighted by molar-refractivity contribution is 0.353. The van der Waals surface area contributed by atoms with E-state index in [2.05, 4.69) is 0 Å². The Hall–Kier alpha value is -2.74. The SMILES string of the molecule is Cc1ccc(S(=O)(=O)C2=CCCN(S(=O)(=O)c3ccc(C)cc3)[C@@H]2c2ccccc2)cc1. The van der Waals surface area contributed by atoms with Gasteiger partial charge in [-0.05, 0) is 50.1 Å². The molecule has 7 heteroatoms. The standard InChI is InChI=1S/C25H25NO4S2/c1-19-10-14-22(15-11-19)31(27,28)24-9-6-18-26(25(24)21-7-4-3-5-8-21)32(29,30)23-16-12-20(2)13-17-23/h3-5,7-17,25H,6,18H2,1-2H3/t25-/m1/s1. The zero-order valence-electron chi connectivity index (χ0n) is 18.0. The molecule has 0 aliphatic carbocycles. The predicted octanol–water partition coefficient (Wildman–Crippen LogP) is 4.80. The highest BCUT2D eigenvalue weighted by Crippen LogP contribution is 2.41. The molecule has 0 radical (unpaired) electrons. The summed E-state index contributed by atoms with van der Waals surface area (Å²) in [5.41, 5.74) is 2.51. The van der Waals surface area contributed by atoms with Crippen LogP contribution in [0.4, 0.5) is 0 Å². The fourth-order valence-corrected chi connectivity index (χ4v) is 7.23. The quantitative estimate of drug-likeness (QED) is 0.541. The van der Waals surface area contributed by atoms with E-state index in [0.717, 1.165) is 11.1 Å². The minimum Gasteiger partial charge on any atom is -0.219 e. The molecule has 0 unspecified atom stereocenters. The maximum Gasteiger partial charge on any atom is 0.243 e. The highest BCUT2D eigenvalue weighted by atomic mass is 32.2. The Morgan fingerprint density at radius 1 is 0.719 bits per heavy atom. The van der Waals surface area contributed by atoms with Gasteiger partial charge in [0, 0.05) is 6.54 Å². The Morgan fingerprint density at radius 3 is 1.81 bits per heavy atom. The Bertz CT molecular complexity index is 1340. The van der Waals surface area contributed by atoms with Crippen LogP contribution in [0.5, 0.6) is 0 Å². The molecule has 4 rings (SSSR count). The van der Waals surface area contributed by atoms with Crippen LogP contribution in [-0.2, 0) is 19.9 Å². The van der Waals surface area contributed by atoms with Gasteiger partial charge in [0.1, 0.15) is 0 Å². The van der Waals surface area contributed by atoms with Crippen molar-refractivity contribution in [3.8, 4) is 0 Å². The topological polar surface area (TPSA) is 71.5 Å². The third kappa shape index (κ3) is 4.16. The highest BCUT2D eigenvalue weighted by molar-refractivity contribution is 7.95. The lowest BCUT2D eigenvalue weighted by Crippen LogP contribution is -2.40. The maximum atomic E-state index is 13.6. The molecule has 1 aliphatic heterocycles. The first-order valence-electron chi connectivity index (χ1n) is 10.4. The Balaban J connectivity index is 1.87. The fraction of sp³-hybridized carbons (Fsp3) is 0.200. The minimum absolute atomic E-state index is 0.0921. The molecule has 0 N–H and O–H groups in total.